The summed E-state index contributed by atoms with van der Waals surface area (Å²) in [5.41, 5.74) is 1.34. The zero-order valence-corrected chi connectivity index (χ0v) is 15.1. The molecular formula is C20H18O8. The first-order valence-corrected chi connectivity index (χ1v) is 8.25. The van der Waals surface area contributed by atoms with Gasteiger partial charge in [0.1, 0.15) is 12.0 Å². The van der Waals surface area contributed by atoms with Gasteiger partial charge in [-0.3, -0.25) is 4.79 Å². The molecule has 1 aliphatic rings. The van der Waals surface area contributed by atoms with Crippen LogP contribution in [0.4, 0.5) is 0 Å². The number of aromatic hydroxyl groups is 1. The molecule has 0 saturated carbocycles. The molecule has 8 heteroatoms. The number of carboxylic acids is 2. The number of rotatable bonds is 6. The molecule has 0 bridgehead atoms. The zero-order chi connectivity index (χ0) is 20.4. The smallest absolute Gasteiger partial charge is 0.328 e. The standard InChI is InChI=1S/C20H18O8/c1-26-14-9-11(4-5-13(14)21)18-17(20(24)25)12-7-10(3-6-16(22)23)8-15(27-2)19(12)28-18/h3-9,17-18,21H,1-2H3,(H,22,23)(H,24,25)/b6-3+/t17-,18?/m1/s1. The molecule has 0 amide bonds. The Labute approximate surface area is 160 Å². The van der Waals surface area contributed by atoms with Crippen molar-refractivity contribution in [2.24, 2.45) is 0 Å². The lowest BCUT2D eigenvalue weighted by Gasteiger charge is -2.17. The van der Waals surface area contributed by atoms with Crippen molar-refractivity contribution in [2.45, 2.75) is 12.0 Å². The molecule has 1 aliphatic heterocycles. The van der Waals surface area contributed by atoms with E-state index in [1.54, 1.807) is 18.2 Å². The Hall–Kier alpha value is -3.68. The minimum Gasteiger partial charge on any atom is -0.504 e. The van der Waals surface area contributed by atoms with Crippen LogP contribution in [0.5, 0.6) is 23.0 Å². The van der Waals surface area contributed by atoms with Crippen LogP contribution in [0.3, 0.4) is 0 Å². The molecule has 0 spiro atoms. The molecule has 2 aromatic carbocycles. The second-order valence-corrected chi connectivity index (χ2v) is 6.10. The highest BCUT2D eigenvalue weighted by Crippen LogP contribution is 2.51. The summed E-state index contributed by atoms with van der Waals surface area (Å²) in [6.45, 7) is 0. The van der Waals surface area contributed by atoms with Crippen LogP contribution < -0.4 is 14.2 Å². The highest BCUT2D eigenvalue weighted by atomic mass is 16.5. The molecule has 3 N–H and O–H groups in total. The molecule has 28 heavy (non-hydrogen) atoms. The maximum atomic E-state index is 12.0. The van der Waals surface area contributed by atoms with Crippen LogP contribution in [0.2, 0.25) is 0 Å². The minimum atomic E-state index is -1.13. The van der Waals surface area contributed by atoms with Crippen molar-refractivity contribution in [1.29, 1.82) is 0 Å². The first-order valence-electron chi connectivity index (χ1n) is 8.25. The molecule has 0 radical (unpaired) electrons. The van der Waals surface area contributed by atoms with E-state index in [1.807, 2.05) is 0 Å². The van der Waals surface area contributed by atoms with Gasteiger partial charge in [0.2, 0.25) is 0 Å². The van der Waals surface area contributed by atoms with Gasteiger partial charge >= 0.3 is 11.9 Å². The monoisotopic (exact) mass is 386 g/mol. The van der Waals surface area contributed by atoms with Gasteiger partial charge in [0.25, 0.3) is 0 Å². The van der Waals surface area contributed by atoms with Gasteiger partial charge in [-0.2, -0.15) is 0 Å². The van der Waals surface area contributed by atoms with E-state index in [-0.39, 0.29) is 17.2 Å². The number of methoxy groups -OCH3 is 2. The molecule has 8 nitrogen and oxygen atoms in total. The lowest BCUT2D eigenvalue weighted by Crippen LogP contribution is -2.18. The SMILES string of the molecule is COc1cc(C2Oc3c(OC)cc(/C=C/C(=O)O)cc3[C@H]2C(=O)O)ccc1O. The van der Waals surface area contributed by atoms with Crippen molar-refractivity contribution >= 4 is 18.0 Å². The van der Waals surface area contributed by atoms with Crippen LogP contribution in [0.1, 0.15) is 28.7 Å². The first kappa shape index (κ1) is 19.1. The Kier molecular flexibility index (Phi) is 5.12. The summed E-state index contributed by atoms with van der Waals surface area (Å²) in [5.74, 6) is -2.61. The average molecular weight is 386 g/mol. The van der Waals surface area contributed by atoms with Gasteiger partial charge in [-0.15, -0.1) is 0 Å². The molecule has 0 aromatic heterocycles. The quantitative estimate of drug-likeness (QED) is 0.648. The van der Waals surface area contributed by atoms with Gasteiger partial charge in [0, 0.05) is 11.6 Å². The first-order chi connectivity index (χ1) is 13.3. The maximum absolute atomic E-state index is 12.0. The lowest BCUT2D eigenvalue weighted by atomic mass is 9.90. The summed E-state index contributed by atoms with van der Waals surface area (Å²) < 4.78 is 16.3. The third-order valence-corrected chi connectivity index (χ3v) is 4.43. The molecule has 1 unspecified atom stereocenters. The van der Waals surface area contributed by atoms with Crippen molar-refractivity contribution in [3.05, 3.63) is 53.1 Å². The van der Waals surface area contributed by atoms with E-state index in [2.05, 4.69) is 0 Å². The number of aliphatic carboxylic acids is 2. The third kappa shape index (κ3) is 3.44. The Bertz CT molecular complexity index is 963. The highest BCUT2D eigenvalue weighted by molar-refractivity contribution is 5.86. The molecule has 146 valence electrons. The molecule has 0 saturated heterocycles. The number of hydrogen-bond donors (Lipinski definition) is 3. The summed E-state index contributed by atoms with van der Waals surface area (Å²) in [6.07, 6.45) is 1.42. The van der Waals surface area contributed by atoms with E-state index >= 15 is 0 Å². The van der Waals surface area contributed by atoms with Gasteiger partial charge in [0.15, 0.2) is 23.0 Å². The zero-order valence-electron chi connectivity index (χ0n) is 15.1. The predicted molar refractivity (Wildman–Crippen MR) is 98.1 cm³/mol. The van der Waals surface area contributed by atoms with E-state index in [9.17, 15) is 19.8 Å². The highest BCUT2D eigenvalue weighted by Gasteiger charge is 2.42. The number of carboxylic acid groups (broad SMARTS) is 2. The van der Waals surface area contributed by atoms with Gasteiger partial charge in [-0.05, 0) is 41.5 Å². The van der Waals surface area contributed by atoms with Crippen molar-refractivity contribution in [1.82, 2.24) is 0 Å². The van der Waals surface area contributed by atoms with Crippen LogP contribution in [-0.4, -0.2) is 41.5 Å². The average Bonchev–Trinajstić information content (AvgIpc) is 3.05. The van der Waals surface area contributed by atoms with E-state index < -0.39 is 24.0 Å². The normalized spacial score (nSPS) is 17.8. The fourth-order valence-corrected chi connectivity index (χ4v) is 3.17. The number of phenols is 1. The van der Waals surface area contributed by atoms with Crippen molar-refractivity contribution in [3.63, 3.8) is 0 Å². The van der Waals surface area contributed by atoms with Crippen LogP contribution in [0.25, 0.3) is 6.08 Å². The van der Waals surface area contributed by atoms with Crippen LogP contribution >= 0.6 is 0 Å². The molecular weight excluding hydrogens is 368 g/mol. The molecule has 3 rings (SSSR count). The number of benzene rings is 2. The second-order valence-electron chi connectivity index (χ2n) is 6.10. The molecule has 2 atom stereocenters. The van der Waals surface area contributed by atoms with Gasteiger partial charge < -0.3 is 29.5 Å². The maximum Gasteiger partial charge on any atom is 0.328 e. The summed E-state index contributed by atoms with van der Waals surface area (Å²) >= 11 is 0. The number of fused-ring (bicyclic) bond motifs is 1. The number of carbonyl (C=O) groups is 2. The summed E-state index contributed by atoms with van der Waals surface area (Å²) in [6, 6.07) is 7.60. The van der Waals surface area contributed by atoms with Gasteiger partial charge in [-0.25, -0.2) is 4.79 Å². The van der Waals surface area contributed by atoms with Crippen LogP contribution in [0, 0.1) is 0 Å². The van der Waals surface area contributed by atoms with Gasteiger partial charge in [0.05, 0.1) is 14.2 Å². The van der Waals surface area contributed by atoms with Gasteiger partial charge in [-0.1, -0.05) is 6.07 Å². The summed E-state index contributed by atoms with van der Waals surface area (Å²) in [4.78, 5) is 22.8. The van der Waals surface area contributed by atoms with Crippen molar-refractivity contribution in [3.8, 4) is 23.0 Å². The third-order valence-electron chi connectivity index (χ3n) is 4.43. The largest absolute Gasteiger partial charge is 0.504 e. The van der Waals surface area contributed by atoms with Crippen molar-refractivity contribution < 1.29 is 39.1 Å². The van der Waals surface area contributed by atoms with E-state index in [4.69, 9.17) is 19.3 Å². The summed E-state index contributed by atoms with van der Waals surface area (Å²) in [7, 11) is 2.80. The number of hydrogen-bond acceptors (Lipinski definition) is 6. The molecule has 2 aromatic rings. The lowest BCUT2D eigenvalue weighted by molar-refractivity contribution is -0.140. The van der Waals surface area contributed by atoms with E-state index in [0.717, 1.165) is 6.08 Å². The van der Waals surface area contributed by atoms with E-state index in [1.165, 1.54) is 32.4 Å². The summed E-state index contributed by atoms with van der Waals surface area (Å²) in [5, 5.41) is 28.5. The topological polar surface area (TPSA) is 123 Å². The fraction of sp³-hybridized carbons (Fsp3) is 0.200. The molecule has 0 aliphatic carbocycles. The fourth-order valence-electron chi connectivity index (χ4n) is 3.17. The Morgan fingerprint density at radius 3 is 2.39 bits per heavy atom. The van der Waals surface area contributed by atoms with E-state index in [0.29, 0.717) is 22.4 Å². The Morgan fingerprint density at radius 1 is 1.07 bits per heavy atom. The van der Waals surface area contributed by atoms with Crippen LogP contribution in [0.15, 0.2) is 36.4 Å². The predicted octanol–water partition coefficient (Wildman–Crippen LogP) is 2.81. The number of phenolic OH excluding ortho intramolecular Hbond substituents is 1. The van der Waals surface area contributed by atoms with Crippen molar-refractivity contribution in [2.75, 3.05) is 14.2 Å². The Balaban J connectivity index is 2.11. The number of ether oxygens (including phenoxy) is 3. The van der Waals surface area contributed by atoms with Crippen LogP contribution in [-0.2, 0) is 9.59 Å². The molecule has 1 heterocycles. The second kappa shape index (κ2) is 7.51. The molecule has 0 fully saturated rings. The Morgan fingerprint density at radius 2 is 1.79 bits per heavy atom. The minimum absolute atomic E-state index is 0.0766.